The van der Waals surface area contributed by atoms with E-state index < -0.39 is 24.5 Å². The van der Waals surface area contributed by atoms with Crippen molar-refractivity contribution in [3.8, 4) is 0 Å². The highest BCUT2D eigenvalue weighted by atomic mass is 32.1. The van der Waals surface area contributed by atoms with Crippen LogP contribution < -0.4 is 11.1 Å². The monoisotopic (exact) mass is 178 g/mol. The average molecular weight is 178 g/mol. The number of hydrogen-bond donors (Lipinski definition) is 4. The molecule has 11 heavy (non-hydrogen) atoms. The maximum atomic E-state index is 10.7. The highest BCUT2D eigenvalue weighted by Gasteiger charge is 2.11. The van der Waals surface area contributed by atoms with Crippen LogP contribution in [0, 0.1) is 0 Å². The molecule has 0 aromatic heterocycles. The van der Waals surface area contributed by atoms with Crippen LogP contribution in [0.25, 0.3) is 0 Å². The lowest BCUT2D eigenvalue weighted by molar-refractivity contribution is -0.138. The maximum absolute atomic E-state index is 10.7. The summed E-state index contributed by atoms with van der Waals surface area (Å²) in [5.74, 6) is -1.39. The van der Waals surface area contributed by atoms with Gasteiger partial charge in [0.1, 0.15) is 6.54 Å². The van der Waals surface area contributed by atoms with Gasteiger partial charge in [-0.15, -0.1) is 0 Å². The van der Waals surface area contributed by atoms with Crippen LogP contribution in [-0.2, 0) is 9.59 Å². The van der Waals surface area contributed by atoms with Crippen LogP contribution in [0.4, 0.5) is 0 Å². The summed E-state index contributed by atoms with van der Waals surface area (Å²) in [5, 5.41) is 10.3. The van der Waals surface area contributed by atoms with Crippen molar-refractivity contribution in [2.75, 3.05) is 12.3 Å². The molecule has 6 heteroatoms. The maximum Gasteiger partial charge on any atom is 0.322 e. The topological polar surface area (TPSA) is 92.4 Å². The molecule has 0 unspecified atom stereocenters. The van der Waals surface area contributed by atoms with E-state index in [2.05, 4.69) is 17.9 Å². The molecule has 64 valence electrons. The summed E-state index contributed by atoms with van der Waals surface area (Å²) < 4.78 is 0. The highest BCUT2D eigenvalue weighted by Crippen LogP contribution is 1.82. The van der Waals surface area contributed by atoms with Crippen molar-refractivity contribution >= 4 is 24.5 Å². The Morgan fingerprint density at radius 3 is 2.55 bits per heavy atom. The van der Waals surface area contributed by atoms with Gasteiger partial charge in [-0.3, -0.25) is 9.59 Å². The fourth-order valence-electron chi connectivity index (χ4n) is 0.377. The number of amides is 1. The predicted molar refractivity (Wildman–Crippen MR) is 42.5 cm³/mol. The molecule has 0 aliphatic rings. The molecule has 0 aliphatic carbocycles. The molecule has 0 bridgehead atoms. The fourth-order valence-corrected chi connectivity index (χ4v) is 0.543. The zero-order valence-electron chi connectivity index (χ0n) is 5.78. The minimum atomic E-state index is -1.09. The van der Waals surface area contributed by atoms with Crippen molar-refractivity contribution in [2.45, 2.75) is 6.04 Å². The first-order valence-corrected chi connectivity index (χ1v) is 3.57. The Hall–Kier alpha value is -0.750. The smallest absolute Gasteiger partial charge is 0.322 e. The van der Waals surface area contributed by atoms with Crippen LogP contribution in [0.5, 0.6) is 0 Å². The molecule has 0 saturated carbocycles. The largest absolute Gasteiger partial charge is 0.480 e. The summed E-state index contributed by atoms with van der Waals surface area (Å²) >= 11 is 3.77. The van der Waals surface area contributed by atoms with E-state index >= 15 is 0 Å². The molecule has 0 aromatic rings. The molecular formula is C5H10N2O3S. The number of thiol groups is 1. The molecular weight excluding hydrogens is 168 g/mol. The van der Waals surface area contributed by atoms with Crippen LogP contribution in [0.15, 0.2) is 0 Å². The average Bonchev–Trinajstić information content (AvgIpc) is 1.98. The Kier molecular flexibility index (Phi) is 4.64. The SMILES string of the molecule is N[C@@H](CS)C(=O)NCC(=O)O. The number of carbonyl (C=O) groups excluding carboxylic acids is 1. The van der Waals surface area contributed by atoms with Gasteiger partial charge in [0.2, 0.25) is 5.91 Å². The number of hydrogen-bond acceptors (Lipinski definition) is 4. The van der Waals surface area contributed by atoms with E-state index in [-0.39, 0.29) is 5.75 Å². The number of carboxylic acids is 1. The minimum Gasteiger partial charge on any atom is -0.480 e. The van der Waals surface area contributed by atoms with Gasteiger partial charge in [0.05, 0.1) is 6.04 Å². The van der Waals surface area contributed by atoms with Crippen LogP contribution in [-0.4, -0.2) is 35.3 Å². The quantitative estimate of drug-likeness (QED) is 0.392. The standard InChI is InChI=1S/C5H10N2O3S/c6-3(2-11)5(10)7-1-4(8)9/h3,11H,1-2,6H2,(H,7,10)(H,8,9)/t3-/m0/s1. The Morgan fingerprint density at radius 1 is 1.64 bits per heavy atom. The van der Waals surface area contributed by atoms with Gasteiger partial charge in [0.25, 0.3) is 0 Å². The normalized spacial score (nSPS) is 12.2. The van der Waals surface area contributed by atoms with E-state index in [4.69, 9.17) is 10.8 Å². The van der Waals surface area contributed by atoms with E-state index in [0.717, 1.165) is 0 Å². The van der Waals surface area contributed by atoms with Crippen molar-refractivity contribution < 1.29 is 14.7 Å². The van der Waals surface area contributed by atoms with Crippen molar-refractivity contribution in [3.63, 3.8) is 0 Å². The van der Waals surface area contributed by atoms with Gasteiger partial charge in [-0.1, -0.05) is 0 Å². The van der Waals surface area contributed by atoms with Gasteiger partial charge in [-0.05, 0) is 0 Å². The second kappa shape index (κ2) is 4.97. The second-order valence-electron chi connectivity index (χ2n) is 1.90. The minimum absolute atomic E-state index is 0.200. The Morgan fingerprint density at radius 2 is 2.18 bits per heavy atom. The Bertz CT molecular complexity index is 162. The Balaban J connectivity index is 3.60. The number of nitrogens with one attached hydrogen (secondary N) is 1. The third-order valence-electron chi connectivity index (χ3n) is 0.947. The van der Waals surface area contributed by atoms with Crippen molar-refractivity contribution in [1.82, 2.24) is 5.32 Å². The lowest BCUT2D eigenvalue weighted by Gasteiger charge is -2.06. The summed E-state index contributed by atoms with van der Waals surface area (Å²) in [4.78, 5) is 20.7. The lowest BCUT2D eigenvalue weighted by atomic mass is 10.3. The van der Waals surface area contributed by atoms with Gasteiger partial charge in [-0.25, -0.2) is 0 Å². The molecule has 0 spiro atoms. The van der Waals surface area contributed by atoms with Gasteiger partial charge in [0.15, 0.2) is 0 Å². The highest BCUT2D eigenvalue weighted by molar-refractivity contribution is 7.80. The van der Waals surface area contributed by atoms with E-state index in [0.29, 0.717) is 0 Å². The molecule has 0 saturated heterocycles. The molecule has 0 fully saturated rings. The first kappa shape index (κ1) is 10.2. The lowest BCUT2D eigenvalue weighted by Crippen LogP contribution is -2.43. The predicted octanol–water partition coefficient (Wildman–Crippen LogP) is -1.56. The number of rotatable bonds is 4. The number of aliphatic carboxylic acids is 1. The third-order valence-corrected chi connectivity index (χ3v) is 1.34. The molecule has 1 atom stereocenters. The van der Waals surface area contributed by atoms with Crippen molar-refractivity contribution in [2.24, 2.45) is 5.73 Å². The molecule has 0 heterocycles. The van der Waals surface area contributed by atoms with Crippen LogP contribution in [0.2, 0.25) is 0 Å². The van der Waals surface area contributed by atoms with Gasteiger partial charge in [0, 0.05) is 5.75 Å². The van der Waals surface area contributed by atoms with Crippen LogP contribution >= 0.6 is 12.6 Å². The van der Waals surface area contributed by atoms with E-state index in [1.165, 1.54) is 0 Å². The zero-order valence-corrected chi connectivity index (χ0v) is 6.67. The molecule has 1 amide bonds. The zero-order chi connectivity index (χ0) is 8.85. The van der Waals surface area contributed by atoms with Crippen LogP contribution in [0.1, 0.15) is 0 Å². The first-order valence-electron chi connectivity index (χ1n) is 2.94. The van der Waals surface area contributed by atoms with E-state index in [9.17, 15) is 9.59 Å². The van der Waals surface area contributed by atoms with Gasteiger partial charge in [-0.2, -0.15) is 12.6 Å². The summed E-state index contributed by atoms with van der Waals surface area (Å²) in [6.07, 6.45) is 0. The molecule has 0 radical (unpaired) electrons. The fraction of sp³-hybridized carbons (Fsp3) is 0.600. The molecule has 5 nitrogen and oxygen atoms in total. The third kappa shape index (κ3) is 4.63. The molecule has 0 rings (SSSR count). The van der Waals surface area contributed by atoms with Crippen LogP contribution in [0.3, 0.4) is 0 Å². The van der Waals surface area contributed by atoms with Crippen molar-refractivity contribution in [3.05, 3.63) is 0 Å². The molecule has 0 aromatic carbocycles. The molecule has 4 N–H and O–H groups in total. The van der Waals surface area contributed by atoms with Gasteiger partial charge < -0.3 is 16.2 Å². The van der Waals surface area contributed by atoms with E-state index in [1.54, 1.807) is 0 Å². The first-order chi connectivity index (χ1) is 5.07. The number of carboxylic acid groups (broad SMARTS) is 1. The summed E-state index contributed by atoms with van der Waals surface area (Å²) in [6.45, 7) is -0.402. The number of carbonyl (C=O) groups is 2. The molecule has 0 aliphatic heterocycles. The van der Waals surface area contributed by atoms with Crippen molar-refractivity contribution in [1.29, 1.82) is 0 Å². The Labute approximate surface area is 69.4 Å². The summed E-state index contributed by atoms with van der Waals surface area (Å²) in [5.41, 5.74) is 5.22. The summed E-state index contributed by atoms with van der Waals surface area (Å²) in [6, 6.07) is -0.738. The number of nitrogens with two attached hydrogens (primary N) is 1. The second-order valence-corrected chi connectivity index (χ2v) is 2.27. The van der Waals surface area contributed by atoms with E-state index in [1.807, 2.05) is 0 Å². The van der Waals surface area contributed by atoms with Gasteiger partial charge >= 0.3 is 5.97 Å². The summed E-state index contributed by atoms with van der Waals surface area (Å²) in [7, 11) is 0.